The van der Waals surface area contributed by atoms with E-state index in [0.29, 0.717) is 24.9 Å². The highest BCUT2D eigenvalue weighted by Gasteiger charge is 2.47. The van der Waals surface area contributed by atoms with Gasteiger partial charge in [0.1, 0.15) is 0 Å². The lowest BCUT2D eigenvalue weighted by molar-refractivity contribution is -0.225. The third-order valence-corrected chi connectivity index (χ3v) is 4.22. The van der Waals surface area contributed by atoms with Crippen molar-refractivity contribution in [3.63, 3.8) is 0 Å². The van der Waals surface area contributed by atoms with Gasteiger partial charge in [-0.3, -0.25) is 0 Å². The summed E-state index contributed by atoms with van der Waals surface area (Å²) in [6, 6.07) is 19.0. The molecule has 0 radical (unpaired) electrons. The van der Waals surface area contributed by atoms with Crippen molar-refractivity contribution in [3.05, 3.63) is 72.3 Å². The normalized spacial score (nSPS) is 11.7. The maximum Gasteiger partial charge on any atom is 0.297 e. The average Bonchev–Trinajstić information content (AvgIpc) is 3.45. The highest BCUT2D eigenvalue weighted by atomic mass is 16.7. The van der Waals surface area contributed by atoms with Crippen molar-refractivity contribution < 1.29 is 9.47 Å². The van der Waals surface area contributed by atoms with Crippen molar-refractivity contribution in [2.75, 3.05) is 13.2 Å². The molecule has 2 aromatic heterocycles. The molecular weight excluding hydrogens is 372 g/mol. The molecule has 148 valence electrons. The molecule has 0 saturated heterocycles. The zero-order valence-electron chi connectivity index (χ0n) is 16.1. The maximum atomic E-state index is 6.13. The summed E-state index contributed by atoms with van der Waals surface area (Å²) in [6.07, 6.45) is 0. The molecule has 10 heteroatoms. The zero-order chi connectivity index (χ0) is 20.1. The first kappa shape index (κ1) is 18.8. The minimum atomic E-state index is -1.51. The SMILES string of the molecule is CCOC(OCC)(c1nnnn1-c1ccccc1)c1nnnn1-c1ccccc1. The molecule has 0 amide bonds. The fourth-order valence-corrected chi connectivity index (χ4v) is 3.08. The lowest BCUT2D eigenvalue weighted by Crippen LogP contribution is -2.40. The molecule has 0 N–H and O–H groups in total. The van der Waals surface area contributed by atoms with Crippen molar-refractivity contribution in [1.29, 1.82) is 0 Å². The molecule has 0 aliphatic rings. The Morgan fingerprint density at radius 3 is 1.48 bits per heavy atom. The van der Waals surface area contributed by atoms with Gasteiger partial charge in [0.15, 0.2) is 0 Å². The van der Waals surface area contributed by atoms with Crippen LogP contribution in [0.1, 0.15) is 25.5 Å². The molecule has 2 aromatic carbocycles. The van der Waals surface area contributed by atoms with E-state index in [1.807, 2.05) is 74.5 Å². The van der Waals surface area contributed by atoms with Gasteiger partial charge in [-0.1, -0.05) is 36.4 Å². The zero-order valence-corrected chi connectivity index (χ0v) is 16.1. The number of hydrogen-bond donors (Lipinski definition) is 0. The molecule has 0 saturated carbocycles. The van der Waals surface area contributed by atoms with Crippen LogP contribution in [0.2, 0.25) is 0 Å². The Hall–Kier alpha value is -3.50. The van der Waals surface area contributed by atoms with Gasteiger partial charge in [0.2, 0.25) is 11.6 Å². The van der Waals surface area contributed by atoms with E-state index in [-0.39, 0.29) is 0 Å². The summed E-state index contributed by atoms with van der Waals surface area (Å²) >= 11 is 0. The molecule has 29 heavy (non-hydrogen) atoms. The first-order chi connectivity index (χ1) is 14.3. The van der Waals surface area contributed by atoms with Crippen LogP contribution in [0.15, 0.2) is 60.7 Å². The predicted octanol–water partition coefficient (Wildman–Crippen LogP) is 1.91. The average molecular weight is 392 g/mol. The summed E-state index contributed by atoms with van der Waals surface area (Å²) in [4.78, 5) is 0. The fraction of sp³-hybridized carbons (Fsp3) is 0.263. The van der Waals surface area contributed by atoms with Gasteiger partial charge in [0, 0.05) is 13.2 Å². The van der Waals surface area contributed by atoms with Crippen molar-refractivity contribution in [1.82, 2.24) is 40.4 Å². The molecule has 4 aromatic rings. The summed E-state index contributed by atoms with van der Waals surface area (Å²) in [6.45, 7) is 4.37. The number of ether oxygens (including phenoxy) is 2. The summed E-state index contributed by atoms with van der Waals surface area (Å²) in [5, 5.41) is 24.5. The lowest BCUT2D eigenvalue weighted by atomic mass is 10.2. The molecule has 0 unspecified atom stereocenters. The Morgan fingerprint density at radius 2 is 1.10 bits per heavy atom. The van der Waals surface area contributed by atoms with E-state index in [0.717, 1.165) is 11.4 Å². The first-order valence-corrected chi connectivity index (χ1v) is 9.26. The molecule has 0 bridgehead atoms. The Morgan fingerprint density at radius 1 is 0.690 bits per heavy atom. The summed E-state index contributed by atoms with van der Waals surface area (Å²) in [5.74, 6) is -0.874. The van der Waals surface area contributed by atoms with E-state index in [1.165, 1.54) is 0 Å². The second kappa shape index (κ2) is 8.25. The molecule has 2 heterocycles. The monoisotopic (exact) mass is 392 g/mol. The van der Waals surface area contributed by atoms with Crippen molar-refractivity contribution in [3.8, 4) is 11.4 Å². The predicted molar refractivity (Wildman–Crippen MR) is 102 cm³/mol. The van der Waals surface area contributed by atoms with Gasteiger partial charge < -0.3 is 9.47 Å². The fourth-order valence-electron chi connectivity index (χ4n) is 3.08. The second-order valence-electron chi connectivity index (χ2n) is 5.98. The molecule has 0 fully saturated rings. The standard InChI is InChI=1S/C19H20N8O2/c1-3-28-19(29-4-2,17-20-22-24-26(17)15-11-7-5-8-12-15)18-21-23-25-27(18)16-13-9-6-10-14-16/h5-14H,3-4H2,1-2H3. The van der Waals surface area contributed by atoms with Crippen LogP contribution in [0, 0.1) is 0 Å². The van der Waals surface area contributed by atoms with Gasteiger partial charge in [-0.15, -0.1) is 10.2 Å². The van der Waals surface area contributed by atoms with E-state index >= 15 is 0 Å². The van der Waals surface area contributed by atoms with E-state index < -0.39 is 5.79 Å². The highest BCUT2D eigenvalue weighted by molar-refractivity contribution is 5.35. The van der Waals surface area contributed by atoms with Gasteiger partial charge in [-0.05, 0) is 59.0 Å². The van der Waals surface area contributed by atoms with Gasteiger partial charge >= 0.3 is 0 Å². The van der Waals surface area contributed by atoms with Gasteiger partial charge in [0.05, 0.1) is 11.4 Å². The van der Waals surface area contributed by atoms with Crippen LogP contribution >= 0.6 is 0 Å². The largest absolute Gasteiger partial charge is 0.338 e. The van der Waals surface area contributed by atoms with Crippen molar-refractivity contribution in [2.45, 2.75) is 19.6 Å². The van der Waals surface area contributed by atoms with E-state index in [1.54, 1.807) is 9.36 Å². The van der Waals surface area contributed by atoms with Gasteiger partial charge in [-0.25, -0.2) is 0 Å². The summed E-state index contributed by atoms with van der Waals surface area (Å²) in [7, 11) is 0. The second-order valence-corrected chi connectivity index (χ2v) is 5.98. The molecule has 0 spiro atoms. The van der Waals surface area contributed by atoms with E-state index in [9.17, 15) is 0 Å². The molecule has 0 aliphatic heterocycles. The quantitative estimate of drug-likeness (QED) is 0.419. The number of tetrazole rings is 2. The maximum absolute atomic E-state index is 6.13. The van der Waals surface area contributed by atoms with Crippen LogP contribution in [-0.2, 0) is 15.3 Å². The number of rotatable bonds is 8. The number of benzene rings is 2. The molecule has 0 aliphatic carbocycles. The lowest BCUT2D eigenvalue weighted by Gasteiger charge is -2.30. The number of nitrogens with zero attached hydrogens (tertiary/aromatic N) is 8. The topological polar surface area (TPSA) is 106 Å². The first-order valence-electron chi connectivity index (χ1n) is 9.26. The van der Waals surface area contributed by atoms with Crippen LogP contribution in [-0.4, -0.2) is 53.6 Å². The Labute approximate surface area is 167 Å². The third-order valence-electron chi connectivity index (χ3n) is 4.22. The Balaban J connectivity index is 1.93. The van der Waals surface area contributed by atoms with Crippen molar-refractivity contribution >= 4 is 0 Å². The molecule has 4 rings (SSSR count). The Bertz CT molecular complexity index is 963. The molecule has 10 nitrogen and oxygen atoms in total. The number of para-hydroxylation sites is 2. The minimum Gasteiger partial charge on any atom is -0.338 e. The summed E-state index contributed by atoms with van der Waals surface area (Å²) < 4.78 is 15.4. The van der Waals surface area contributed by atoms with Crippen LogP contribution < -0.4 is 0 Å². The number of hydrogen-bond acceptors (Lipinski definition) is 8. The van der Waals surface area contributed by atoms with Crippen LogP contribution in [0.3, 0.4) is 0 Å². The van der Waals surface area contributed by atoms with E-state index in [4.69, 9.17) is 9.47 Å². The highest BCUT2D eigenvalue weighted by Crippen LogP contribution is 2.34. The van der Waals surface area contributed by atoms with Crippen LogP contribution in [0.25, 0.3) is 11.4 Å². The number of aromatic nitrogens is 8. The Kier molecular flexibility index (Phi) is 5.36. The molecule has 0 atom stereocenters. The van der Waals surface area contributed by atoms with Crippen LogP contribution in [0.4, 0.5) is 0 Å². The third kappa shape index (κ3) is 3.39. The molecular formula is C19H20N8O2. The minimum absolute atomic E-state index is 0.319. The summed E-state index contributed by atoms with van der Waals surface area (Å²) in [5.41, 5.74) is 1.52. The van der Waals surface area contributed by atoms with Crippen LogP contribution in [0.5, 0.6) is 0 Å². The smallest absolute Gasteiger partial charge is 0.297 e. The van der Waals surface area contributed by atoms with Crippen molar-refractivity contribution in [2.24, 2.45) is 0 Å². The van der Waals surface area contributed by atoms with E-state index in [2.05, 4.69) is 31.1 Å². The van der Waals surface area contributed by atoms with Gasteiger partial charge in [-0.2, -0.15) is 9.36 Å². The van der Waals surface area contributed by atoms with Gasteiger partial charge in [0.25, 0.3) is 5.79 Å².